The Hall–Kier alpha value is -2.41. The van der Waals surface area contributed by atoms with Gasteiger partial charge in [0.05, 0.1) is 11.6 Å². The maximum Gasteiger partial charge on any atom is 0.404 e. The van der Waals surface area contributed by atoms with Crippen LogP contribution in [0.4, 0.5) is 4.79 Å². The van der Waals surface area contributed by atoms with Crippen LogP contribution in [0.5, 0.6) is 0 Å². The zero-order valence-corrected chi connectivity index (χ0v) is 12.3. The molecule has 3 atom stereocenters. The van der Waals surface area contributed by atoms with Crippen LogP contribution in [-0.4, -0.2) is 40.2 Å². The van der Waals surface area contributed by atoms with Gasteiger partial charge in [0.1, 0.15) is 12.3 Å². The van der Waals surface area contributed by atoms with E-state index >= 15 is 0 Å². The molecule has 1 aromatic heterocycles. The predicted octanol–water partition coefficient (Wildman–Crippen LogP) is 0.777. The van der Waals surface area contributed by atoms with Crippen molar-refractivity contribution >= 4 is 17.7 Å². The summed E-state index contributed by atoms with van der Waals surface area (Å²) in [5.74, 6) is -0.345. The lowest BCUT2D eigenvalue weighted by Crippen LogP contribution is -2.20. The summed E-state index contributed by atoms with van der Waals surface area (Å²) in [6.45, 7) is 2.22. The summed E-state index contributed by atoms with van der Waals surface area (Å²) in [5, 5.41) is 0. The lowest BCUT2D eigenvalue weighted by atomic mass is 9.92. The Labute approximate surface area is 126 Å². The number of aromatic nitrogens is 1. The van der Waals surface area contributed by atoms with Crippen molar-refractivity contribution in [2.24, 2.45) is 5.73 Å². The van der Waals surface area contributed by atoms with E-state index in [1.807, 2.05) is 11.6 Å². The van der Waals surface area contributed by atoms with Crippen molar-refractivity contribution in [1.82, 2.24) is 9.47 Å². The van der Waals surface area contributed by atoms with Crippen LogP contribution in [0.15, 0.2) is 11.6 Å². The summed E-state index contributed by atoms with van der Waals surface area (Å²) >= 11 is 0. The third kappa shape index (κ3) is 1.51. The van der Waals surface area contributed by atoms with Gasteiger partial charge in [-0.3, -0.25) is 14.5 Å². The summed E-state index contributed by atoms with van der Waals surface area (Å²) in [6.07, 6.45) is 0.485. The normalized spacial score (nSPS) is 27.9. The Kier molecular flexibility index (Phi) is 2.45. The molecule has 0 aromatic carbocycles. The molecule has 114 valence electrons. The summed E-state index contributed by atoms with van der Waals surface area (Å²) in [4.78, 5) is 38.0. The maximum absolute atomic E-state index is 12.5. The monoisotopic (exact) mass is 301 g/mol. The Bertz CT molecular complexity index is 789. The maximum atomic E-state index is 12.5. The van der Waals surface area contributed by atoms with Crippen molar-refractivity contribution in [3.63, 3.8) is 0 Å². The molecule has 0 saturated carbocycles. The molecule has 0 radical (unpaired) electrons. The number of rotatable bonds is 2. The average Bonchev–Trinajstić information content (AvgIpc) is 2.83. The van der Waals surface area contributed by atoms with Gasteiger partial charge in [-0.1, -0.05) is 0 Å². The van der Waals surface area contributed by atoms with Crippen molar-refractivity contribution in [1.29, 1.82) is 0 Å². The number of nitrogens with two attached hydrogens (primary N) is 1. The van der Waals surface area contributed by atoms with E-state index in [1.165, 1.54) is 6.08 Å². The van der Waals surface area contributed by atoms with E-state index in [2.05, 4.69) is 4.90 Å². The highest BCUT2D eigenvalue weighted by molar-refractivity contribution is 6.24. The summed E-state index contributed by atoms with van der Waals surface area (Å²) in [5.41, 5.74) is 7.78. The van der Waals surface area contributed by atoms with Crippen LogP contribution >= 0.6 is 0 Å². The molecular formula is C15H15N3O4. The highest BCUT2D eigenvalue weighted by atomic mass is 16.5. The number of ketones is 2. The molecule has 1 saturated heterocycles. The second kappa shape index (κ2) is 4.07. The minimum absolute atomic E-state index is 0.0800. The molecule has 1 unspecified atom stereocenters. The number of amides is 1. The fourth-order valence-electron chi connectivity index (χ4n) is 3.73. The van der Waals surface area contributed by atoms with Crippen LogP contribution in [-0.2, 0) is 17.9 Å². The number of primary amides is 1. The van der Waals surface area contributed by atoms with Gasteiger partial charge in [-0.05, 0) is 20.0 Å². The van der Waals surface area contributed by atoms with Crippen molar-refractivity contribution in [3.8, 4) is 0 Å². The predicted molar refractivity (Wildman–Crippen MR) is 75.5 cm³/mol. The zero-order valence-electron chi connectivity index (χ0n) is 12.3. The number of fused-ring (bicyclic) bond motifs is 5. The van der Waals surface area contributed by atoms with Gasteiger partial charge in [0.2, 0.25) is 5.78 Å². The molecule has 1 fully saturated rings. The molecule has 3 heterocycles. The second-order valence-electron chi connectivity index (χ2n) is 6.00. The highest BCUT2D eigenvalue weighted by Crippen LogP contribution is 2.52. The van der Waals surface area contributed by atoms with Crippen LogP contribution in [0, 0.1) is 0 Å². The molecule has 1 aliphatic carbocycles. The van der Waals surface area contributed by atoms with Gasteiger partial charge in [-0.2, -0.15) is 0 Å². The molecular weight excluding hydrogens is 286 g/mol. The van der Waals surface area contributed by atoms with E-state index in [0.717, 1.165) is 5.69 Å². The molecule has 1 aromatic rings. The van der Waals surface area contributed by atoms with Gasteiger partial charge in [0.15, 0.2) is 5.78 Å². The first-order valence-corrected chi connectivity index (χ1v) is 7.08. The third-order valence-electron chi connectivity index (χ3n) is 4.82. The van der Waals surface area contributed by atoms with Crippen LogP contribution in [0.3, 0.4) is 0 Å². The van der Waals surface area contributed by atoms with E-state index in [4.69, 9.17) is 10.5 Å². The lowest BCUT2D eigenvalue weighted by molar-refractivity contribution is 0.0976. The first-order valence-electron chi connectivity index (χ1n) is 7.08. The largest absolute Gasteiger partial charge is 0.445 e. The average molecular weight is 301 g/mol. The molecule has 0 spiro atoms. The Balaban J connectivity index is 1.90. The smallest absolute Gasteiger partial charge is 0.404 e. The number of allylic oxidation sites excluding steroid dienone is 2. The number of carbonyl (C=O) groups excluding carboxylic acids is 3. The van der Waals surface area contributed by atoms with Crippen molar-refractivity contribution in [2.45, 2.75) is 32.2 Å². The fraction of sp³-hybridized carbons (Fsp3) is 0.400. The van der Waals surface area contributed by atoms with Gasteiger partial charge < -0.3 is 15.0 Å². The minimum Gasteiger partial charge on any atom is -0.445 e. The van der Waals surface area contributed by atoms with Crippen LogP contribution in [0.1, 0.15) is 45.1 Å². The second-order valence-corrected chi connectivity index (χ2v) is 6.00. The SMILES string of the molecule is CC1=CC(=O)c2c(c(COC(N)=O)c3n2C[C@H]2[C@@H]3N2C)C1=O. The van der Waals surface area contributed by atoms with E-state index < -0.39 is 6.09 Å². The Morgan fingerprint density at radius 2 is 2.18 bits per heavy atom. The molecule has 2 N–H and O–H groups in total. The van der Waals surface area contributed by atoms with Crippen LogP contribution in [0.2, 0.25) is 0 Å². The molecule has 3 aliphatic rings. The number of hydrogen-bond acceptors (Lipinski definition) is 5. The van der Waals surface area contributed by atoms with Crippen molar-refractivity contribution < 1.29 is 19.1 Å². The number of likely N-dealkylation sites (N-methyl/N-ethyl adjacent to an activating group) is 1. The Morgan fingerprint density at radius 3 is 2.86 bits per heavy atom. The topological polar surface area (TPSA) is 94.4 Å². The summed E-state index contributed by atoms with van der Waals surface area (Å²) < 4.78 is 6.83. The molecule has 0 bridgehead atoms. The molecule has 7 nitrogen and oxygen atoms in total. The number of ether oxygens (including phenoxy) is 1. The van der Waals surface area contributed by atoms with Gasteiger partial charge in [-0.15, -0.1) is 0 Å². The fourth-order valence-corrected chi connectivity index (χ4v) is 3.73. The number of hydrogen-bond donors (Lipinski definition) is 1. The van der Waals surface area contributed by atoms with Gasteiger partial charge in [-0.25, -0.2) is 4.79 Å². The number of nitrogens with zero attached hydrogens (tertiary/aromatic N) is 2. The highest BCUT2D eigenvalue weighted by Gasteiger charge is 2.55. The first-order chi connectivity index (χ1) is 10.4. The van der Waals surface area contributed by atoms with E-state index in [1.54, 1.807) is 6.92 Å². The molecule has 2 aliphatic heterocycles. The lowest BCUT2D eigenvalue weighted by Gasteiger charge is -2.13. The molecule has 4 rings (SSSR count). The van der Waals surface area contributed by atoms with E-state index in [-0.39, 0.29) is 24.2 Å². The Morgan fingerprint density at radius 1 is 1.45 bits per heavy atom. The van der Waals surface area contributed by atoms with Gasteiger partial charge >= 0.3 is 6.09 Å². The minimum atomic E-state index is -0.894. The van der Waals surface area contributed by atoms with Crippen LogP contribution in [0.25, 0.3) is 0 Å². The summed E-state index contributed by atoms with van der Waals surface area (Å²) in [6, 6.07) is 0.528. The standard InChI is InChI=1S/C15H15N3O4/c1-6-3-9(19)13-10(14(6)20)7(5-22-15(16)21)11-12-8(17(12)2)4-18(11)13/h3,8,12H,4-5H2,1-2H3,(H2,16,21)/t8-,12-,17?/m0/s1. The van der Waals surface area contributed by atoms with E-state index in [9.17, 15) is 14.4 Å². The zero-order chi connectivity index (χ0) is 15.8. The van der Waals surface area contributed by atoms with Gasteiger partial charge in [0, 0.05) is 29.4 Å². The number of carbonyl (C=O) groups is 3. The van der Waals surface area contributed by atoms with Crippen molar-refractivity contribution in [3.05, 3.63) is 34.2 Å². The van der Waals surface area contributed by atoms with Crippen molar-refractivity contribution in [2.75, 3.05) is 7.05 Å². The number of Topliss-reactive ketones (excluding diaryl/α,β-unsaturated/α-hetero) is 1. The quantitative estimate of drug-likeness (QED) is 0.814. The molecule has 1 amide bonds. The van der Waals surface area contributed by atoms with Crippen LogP contribution < -0.4 is 5.73 Å². The third-order valence-corrected chi connectivity index (χ3v) is 4.82. The first kappa shape index (κ1) is 13.3. The molecule has 22 heavy (non-hydrogen) atoms. The summed E-state index contributed by atoms with van der Waals surface area (Å²) in [7, 11) is 2.00. The van der Waals surface area contributed by atoms with Gasteiger partial charge in [0.25, 0.3) is 0 Å². The molecule has 7 heteroatoms. The van der Waals surface area contributed by atoms with E-state index in [0.29, 0.717) is 35.0 Å².